The highest BCUT2D eigenvalue weighted by Gasteiger charge is 2.17. The largest absolute Gasteiger partial charge is 0.351 e. The van der Waals surface area contributed by atoms with Gasteiger partial charge < -0.3 is 10.6 Å². The average molecular weight is 472 g/mol. The zero-order valence-electron chi connectivity index (χ0n) is 19.0. The molecule has 1 aromatic heterocycles. The summed E-state index contributed by atoms with van der Waals surface area (Å²) in [5.74, 6) is 0.676. The van der Waals surface area contributed by atoms with Gasteiger partial charge in [-0.2, -0.15) is 0 Å². The van der Waals surface area contributed by atoms with Gasteiger partial charge in [-0.05, 0) is 48.9 Å². The fourth-order valence-corrected chi connectivity index (χ4v) is 4.14. The monoisotopic (exact) mass is 471 g/mol. The lowest BCUT2D eigenvalue weighted by Crippen LogP contribution is -2.24. The fraction of sp³-hybridized carbons (Fsp3) is 0.154. The zero-order chi connectivity index (χ0) is 23.9. The molecule has 0 spiro atoms. The molecule has 0 saturated heterocycles. The molecule has 8 heteroatoms. The number of amides is 2. The summed E-state index contributed by atoms with van der Waals surface area (Å²) in [6.45, 7) is 3.99. The molecule has 4 rings (SSSR count). The SMILES string of the molecule is CC(=O)Nc1ccc(-c2nnc(SCC(=O)NCc3ccc(C)cc3)n2-c2ccccc2)cc1. The van der Waals surface area contributed by atoms with Gasteiger partial charge in [-0.25, -0.2) is 0 Å². The van der Waals surface area contributed by atoms with Gasteiger partial charge in [-0.3, -0.25) is 14.2 Å². The van der Waals surface area contributed by atoms with E-state index in [4.69, 9.17) is 0 Å². The second-order valence-electron chi connectivity index (χ2n) is 7.79. The van der Waals surface area contributed by atoms with Gasteiger partial charge in [0.1, 0.15) is 0 Å². The van der Waals surface area contributed by atoms with Gasteiger partial charge in [-0.1, -0.05) is 59.8 Å². The minimum Gasteiger partial charge on any atom is -0.351 e. The van der Waals surface area contributed by atoms with Crippen LogP contribution in [0.4, 0.5) is 5.69 Å². The van der Waals surface area contributed by atoms with Gasteiger partial charge in [0, 0.05) is 30.4 Å². The molecule has 0 saturated carbocycles. The molecule has 2 N–H and O–H groups in total. The summed E-state index contributed by atoms with van der Waals surface area (Å²) >= 11 is 1.33. The minimum absolute atomic E-state index is 0.0746. The number of nitrogens with one attached hydrogen (secondary N) is 2. The highest BCUT2D eigenvalue weighted by atomic mass is 32.2. The number of benzene rings is 3. The molecule has 0 aliphatic heterocycles. The lowest BCUT2D eigenvalue weighted by atomic mass is 10.1. The van der Waals surface area contributed by atoms with Crippen molar-refractivity contribution in [1.29, 1.82) is 0 Å². The minimum atomic E-state index is -0.125. The molecule has 0 unspecified atom stereocenters. The Morgan fingerprint density at radius 1 is 0.912 bits per heavy atom. The Kier molecular flexibility index (Phi) is 7.39. The molecule has 34 heavy (non-hydrogen) atoms. The van der Waals surface area contributed by atoms with Crippen molar-refractivity contribution < 1.29 is 9.59 Å². The van der Waals surface area contributed by atoms with Crippen molar-refractivity contribution in [2.75, 3.05) is 11.1 Å². The second-order valence-corrected chi connectivity index (χ2v) is 8.73. The van der Waals surface area contributed by atoms with Crippen molar-refractivity contribution in [3.8, 4) is 17.1 Å². The number of rotatable bonds is 8. The molecular formula is C26H25N5O2S. The molecule has 0 aliphatic carbocycles. The van der Waals surface area contributed by atoms with E-state index in [9.17, 15) is 9.59 Å². The van der Waals surface area contributed by atoms with Crippen LogP contribution in [0, 0.1) is 6.92 Å². The Morgan fingerprint density at radius 3 is 2.29 bits per heavy atom. The quantitative estimate of drug-likeness (QED) is 0.367. The van der Waals surface area contributed by atoms with E-state index in [1.807, 2.05) is 90.4 Å². The summed E-state index contributed by atoms with van der Waals surface area (Å²) in [5, 5.41) is 15.1. The van der Waals surface area contributed by atoms with E-state index < -0.39 is 0 Å². The van der Waals surface area contributed by atoms with Crippen molar-refractivity contribution in [1.82, 2.24) is 20.1 Å². The van der Waals surface area contributed by atoms with Crippen LogP contribution in [0.3, 0.4) is 0 Å². The highest BCUT2D eigenvalue weighted by molar-refractivity contribution is 7.99. The molecular weight excluding hydrogens is 446 g/mol. The maximum absolute atomic E-state index is 12.5. The van der Waals surface area contributed by atoms with Crippen molar-refractivity contribution in [2.45, 2.75) is 25.5 Å². The normalized spacial score (nSPS) is 10.6. The van der Waals surface area contributed by atoms with Crippen LogP contribution >= 0.6 is 11.8 Å². The summed E-state index contributed by atoms with van der Waals surface area (Å²) in [6.07, 6.45) is 0. The summed E-state index contributed by atoms with van der Waals surface area (Å²) in [4.78, 5) is 23.8. The van der Waals surface area contributed by atoms with Crippen LogP contribution in [0.25, 0.3) is 17.1 Å². The van der Waals surface area contributed by atoms with Crippen LogP contribution in [0.15, 0.2) is 84.0 Å². The zero-order valence-corrected chi connectivity index (χ0v) is 19.8. The van der Waals surface area contributed by atoms with Crippen LogP contribution < -0.4 is 10.6 Å². The fourth-order valence-electron chi connectivity index (χ4n) is 3.35. The third-order valence-corrected chi connectivity index (χ3v) is 5.98. The molecule has 2 amide bonds. The summed E-state index contributed by atoms with van der Waals surface area (Å²) in [7, 11) is 0. The molecule has 4 aromatic rings. The predicted octanol–water partition coefficient (Wildman–Crippen LogP) is 4.61. The van der Waals surface area contributed by atoms with Crippen LogP contribution in [-0.4, -0.2) is 32.3 Å². The Bertz CT molecular complexity index is 1270. The molecule has 1 heterocycles. The van der Waals surface area contributed by atoms with Gasteiger partial charge in [0.25, 0.3) is 0 Å². The Morgan fingerprint density at radius 2 is 1.62 bits per heavy atom. The number of para-hydroxylation sites is 1. The molecule has 0 bridgehead atoms. The van der Waals surface area contributed by atoms with Crippen LogP contribution in [-0.2, 0) is 16.1 Å². The average Bonchev–Trinajstić information content (AvgIpc) is 3.27. The number of aryl methyl sites for hydroxylation is 1. The third-order valence-electron chi connectivity index (χ3n) is 5.05. The number of nitrogens with zero attached hydrogens (tertiary/aromatic N) is 3. The number of thioether (sulfide) groups is 1. The number of carbonyl (C=O) groups is 2. The van der Waals surface area contributed by atoms with Gasteiger partial charge in [0.05, 0.1) is 5.75 Å². The first-order valence-electron chi connectivity index (χ1n) is 10.8. The van der Waals surface area contributed by atoms with Crippen molar-refractivity contribution in [3.05, 3.63) is 90.0 Å². The number of hydrogen-bond acceptors (Lipinski definition) is 5. The Hall–Kier alpha value is -3.91. The van der Waals surface area contributed by atoms with Crippen molar-refractivity contribution in [2.24, 2.45) is 0 Å². The van der Waals surface area contributed by atoms with E-state index in [0.717, 1.165) is 16.8 Å². The number of aromatic nitrogens is 3. The highest BCUT2D eigenvalue weighted by Crippen LogP contribution is 2.28. The van der Waals surface area contributed by atoms with Crippen LogP contribution in [0.2, 0.25) is 0 Å². The van der Waals surface area contributed by atoms with Crippen LogP contribution in [0.1, 0.15) is 18.1 Å². The first-order chi connectivity index (χ1) is 16.5. The summed E-state index contributed by atoms with van der Waals surface area (Å²) < 4.78 is 1.94. The van der Waals surface area contributed by atoms with Gasteiger partial charge >= 0.3 is 0 Å². The predicted molar refractivity (Wildman–Crippen MR) is 135 cm³/mol. The smallest absolute Gasteiger partial charge is 0.230 e. The molecule has 0 atom stereocenters. The van der Waals surface area contributed by atoms with E-state index in [-0.39, 0.29) is 17.6 Å². The lowest BCUT2D eigenvalue weighted by Gasteiger charge is -2.11. The number of anilines is 1. The van der Waals surface area contributed by atoms with Crippen LogP contribution in [0.5, 0.6) is 0 Å². The first-order valence-corrected chi connectivity index (χ1v) is 11.8. The van der Waals surface area contributed by atoms with Crippen molar-refractivity contribution >= 4 is 29.3 Å². The maximum atomic E-state index is 12.5. The van der Waals surface area contributed by atoms with E-state index in [0.29, 0.717) is 23.2 Å². The van der Waals surface area contributed by atoms with Gasteiger partial charge in [0.15, 0.2) is 11.0 Å². The third kappa shape index (κ3) is 5.90. The van der Waals surface area contributed by atoms with E-state index in [2.05, 4.69) is 20.8 Å². The first kappa shape index (κ1) is 23.3. The second kappa shape index (κ2) is 10.8. The topological polar surface area (TPSA) is 88.9 Å². The maximum Gasteiger partial charge on any atom is 0.230 e. The summed E-state index contributed by atoms with van der Waals surface area (Å²) in [5.41, 5.74) is 4.70. The van der Waals surface area contributed by atoms with E-state index in [1.165, 1.54) is 24.2 Å². The Labute approximate surface area is 202 Å². The Balaban J connectivity index is 1.51. The van der Waals surface area contributed by atoms with Gasteiger partial charge in [-0.15, -0.1) is 10.2 Å². The number of carbonyl (C=O) groups excluding carboxylic acids is 2. The molecule has 0 aliphatic rings. The van der Waals surface area contributed by atoms with Gasteiger partial charge in [0.2, 0.25) is 11.8 Å². The molecule has 7 nitrogen and oxygen atoms in total. The van der Waals surface area contributed by atoms with E-state index in [1.54, 1.807) is 0 Å². The molecule has 172 valence electrons. The molecule has 0 radical (unpaired) electrons. The van der Waals surface area contributed by atoms with Crippen molar-refractivity contribution in [3.63, 3.8) is 0 Å². The summed E-state index contributed by atoms with van der Waals surface area (Å²) in [6, 6.07) is 25.3. The van der Waals surface area contributed by atoms with E-state index >= 15 is 0 Å². The molecule has 0 fully saturated rings. The number of hydrogen-bond donors (Lipinski definition) is 2. The lowest BCUT2D eigenvalue weighted by molar-refractivity contribution is -0.118. The molecule has 3 aromatic carbocycles. The standard InChI is InChI=1S/C26H25N5O2S/c1-18-8-10-20(11-9-18)16-27-24(33)17-34-26-30-29-25(31(26)23-6-4-3-5-7-23)21-12-14-22(15-13-21)28-19(2)32/h3-15H,16-17H2,1-2H3,(H,27,33)(H,28,32).